The molecule has 0 heterocycles. The average molecular weight is 273 g/mol. The van der Waals surface area contributed by atoms with Gasteiger partial charge >= 0.3 is 0 Å². The second-order valence-corrected chi connectivity index (χ2v) is 5.34. The summed E-state index contributed by atoms with van der Waals surface area (Å²) in [5.41, 5.74) is 5.14. The van der Waals surface area contributed by atoms with Gasteiger partial charge in [0.1, 0.15) is 0 Å². The largest absolute Gasteiger partial charge is 0.113 e. The van der Waals surface area contributed by atoms with Gasteiger partial charge in [-0.1, -0.05) is 68.8 Å². The van der Waals surface area contributed by atoms with Gasteiger partial charge in [0.05, 0.1) is 5.38 Å². The van der Waals surface area contributed by atoms with Crippen molar-refractivity contribution < 1.29 is 0 Å². The van der Waals surface area contributed by atoms with E-state index in [0.29, 0.717) is 0 Å². The molecule has 0 aromatic heterocycles. The van der Waals surface area contributed by atoms with Gasteiger partial charge in [-0.15, -0.1) is 11.6 Å². The Bertz CT molecular complexity index is 513. The summed E-state index contributed by atoms with van der Waals surface area (Å²) in [5, 5.41) is -0.0492. The van der Waals surface area contributed by atoms with Crippen LogP contribution >= 0.6 is 11.6 Å². The van der Waals surface area contributed by atoms with Crippen molar-refractivity contribution >= 4 is 11.6 Å². The highest BCUT2D eigenvalue weighted by atomic mass is 35.5. The molecule has 1 unspecified atom stereocenters. The van der Waals surface area contributed by atoms with Crippen molar-refractivity contribution in [1.82, 2.24) is 0 Å². The highest BCUT2D eigenvalue weighted by Crippen LogP contribution is 2.31. The van der Waals surface area contributed by atoms with E-state index in [1.54, 1.807) is 0 Å². The van der Waals surface area contributed by atoms with Crippen molar-refractivity contribution in [2.75, 3.05) is 0 Å². The van der Waals surface area contributed by atoms with Crippen LogP contribution in [0, 0.1) is 0 Å². The zero-order chi connectivity index (χ0) is 13.7. The van der Waals surface area contributed by atoms with Gasteiger partial charge in [-0.3, -0.25) is 0 Å². The van der Waals surface area contributed by atoms with Gasteiger partial charge in [0.15, 0.2) is 0 Å². The third kappa shape index (κ3) is 3.39. The second kappa shape index (κ2) is 6.77. The van der Waals surface area contributed by atoms with E-state index >= 15 is 0 Å². The lowest BCUT2D eigenvalue weighted by atomic mass is 9.97. The van der Waals surface area contributed by atoms with E-state index in [9.17, 15) is 0 Å². The summed E-state index contributed by atoms with van der Waals surface area (Å²) >= 11 is 6.64. The molecule has 19 heavy (non-hydrogen) atoms. The normalized spacial score (nSPS) is 12.4. The molecule has 0 fully saturated rings. The minimum atomic E-state index is -0.0492. The first-order chi connectivity index (χ1) is 9.26. The molecule has 0 aliphatic rings. The molecule has 0 spiro atoms. The van der Waals surface area contributed by atoms with Gasteiger partial charge in [-0.05, 0) is 35.1 Å². The number of rotatable bonds is 5. The summed E-state index contributed by atoms with van der Waals surface area (Å²) in [4.78, 5) is 0. The molecule has 0 aliphatic carbocycles. The topological polar surface area (TPSA) is 0 Å². The van der Waals surface area contributed by atoms with Crippen molar-refractivity contribution in [3.05, 3.63) is 70.8 Å². The van der Waals surface area contributed by atoms with Gasteiger partial charge in [0.25, 0.3) is 0 Å². The molecule has 1 atom stereocenters. The lowest BCUT2D eigenvalue weighted by Crippen LogP contribution is -1.98. The number of benzene rings is 2. The van der Waals surface area contributed by atoms with Gasteiger partial charge < -0.3 is 0 Å². The van der Waals surface area contributed by atoms with Crippen LogP contribution in [0.3, 0.4) is 0 Å². The molecule has 0 amide bonds. The molecule has 100 valence electrons. The molecular weight excluding hydrogens is 252 g/mol. The summed E-state index contributed by atoms with van der Waals surface area (Å²) in [6, 6.07) is 17.2. The Kier molecular flexibility index (Phi) is 5.04. The van der Waals surface area contributed by atoms with Crippen LogP contribution < -0.4 is 0 Å². The quantitative estimate of drug-likeness (QED) is 0.628. The first-order valence-electron chi connectivity index (χ1n) is 7.07. The minimum Gasteiger partial charge on any atom is -0.113 e. The Labute approximate surface area is 121 Å². The Balaban J connectivity index is 2.25. The van der Waals surface area contributed by atoms with Crippen molar-refractivity contribution in [3.8, 4) is 0 Å². The standard InChI is InChI=1S/C18H21Cl/c1-3-7-14-10-12-16(13-11-14)18(19)17-9-6-5-8-15(17)4-2/h5-6,8-13,18H,3-4,7H2,1-2H3. The van der Waals surface area contributed by atoms with E-state index in [4.69, 9.17) is 11.6 Å². The lowest BCUT2D eigenvalue weighted by Gasteiger charge is -2.15. The van der Waals surface area contributed by atoms with Crippen LogP contribution in [0.1, 0.15) is 47.9 Å². The first kappa shape index (κ1) is 14.1. The lowest BCUT2D eigenvalue weighted by molar-refractivity contribution is 0.919. The fraction of sp³-hybridized carbons (Fsp3) is 0.333. The summed E-state index contributed by atoms with van der Waals surface area (Å²) < 4.78 is 0. The zero-order valence-electron chi connectivity index (χ0n) is 11.7. The van der Waals surface area contributed by atoms with E-state index in [1.165, 1.54) is 28.7 Å². The Hall–Kier alpha value is -1.27. The Morgan fingerprint density at radius 2 is 1.63 bits per heavy atom. The molecule has 0 saturated heterocycles. The van der Waals surface area contributed by atoms with Gasteiger partial charge in [-0.25, -0.2) is 0 Å². The summed E-state index contributed by atoms with van der Waals surface area (Å²) in [6.07, 6.45) is 3.34. The molecule has 0 aliphatic heterocycles. The van der Waals surface area contributed by atoms with Crippen LogP contribution in [0.5, 0.6) is 0 Å². The van der Waals surface area contributed by atoms with Crippen LogP contribution in [0.2, 0.25) is 0 Å². The van der Waals surface area contributed by atoms with E-state index in [-0.39, 0.29) is 5.38 Å². The monoisotopic (exact) mass is 272 g/mol. The number of aryl methyl sites for hydroxylation is 2. The number of hydrogen-bond acceptors (Lipinski definition) is 0. The molecule has 0 saturated carbocycles. The average Bonchev–Trinajstić information content (AvgIpc) is 2.47. The molecule has 0 bridgehead atoms. The Morgan fingerprint density at radius 3 is 2.26 bits per heavy atom. The van der Waals surface area contributed by atoms with Gasteiger partial charge in [0, 0.05) is 0 Å². The van der Waals surface area contributed by atoms with Crippen LogP contribution in [0.25, 0.3) is 0 Å². The number of halogens is 1. The maximum absolute atomic E-state index is 6.64. The predicted molar refractivity (Wildman–Crippen MR) is 84.0 cm³/mol. The summed E-state index contributed by atoms with van der Waals surface area (Å²) in [5.74, 6) is 0. The van der Waals surface area contributed by atoms with Gasteiger partial charge in [-0.2, -0.15) is 0 Å². The predicted octanol–water partition coefficient (Wildman–Crippen LogP) is 5.53. The molecule has 2 aromatic carbocycles. The third-order valence-corrected chi connectivity index (χ3v) is 4.01. The highest BCUT2D eigenvalue weighted by molar-refractivity contribution is 6.22. The molecule has 2 rings (SSSR count). The van der Waals surface area contributed by atoms with E-state index in [1.807, 2.05) is 0 Å². The van der Waals surface area contributed by atoms with Gasteiger partial charge in [0.2, 0.25) is 0 Å². The third-order valence-electron chi connectivity index (χ3n) is 3.52. The van der Waals surface area contributed by atoms with Crippen molar-refractivity contribution in [2.45, 2.75) is 38.5 Å². The molecule has 1 heteroatoms. The summed E-state index contributed by atoms with van der Waals surface area (Å²) in [7, 11) is 0. The van der Waals surface area contributed by atoms with E-state index in [2.05, 4.69) is 62.4 Å². The smallest absolute Gasteiger partial charge is 0.0838 e. The van der Waals surface area contributed by atoms with Crippen LogP contribution in [-0.4, -0.2) is 0 Å². The summed E-state index contributed by atoms with van der Waals surface area (Å²) in [6.45, 7) is 4.38. The molecule has 0 radical (unpaired) electrons. The van der Waals surface area contributed by atoms with E-state index in [0.717, 1.165) is 12.8 Å². The minimum absolute atomic E-state index is 0.0492. The Morgan fingerprint density at radius 1 is 0.947 bits per heavy atom. The number of alkyl halides is 1. The van der Waals surface area contributed by atoms with Crippen molar-refractivity contribution in [2.24, 2.45) is 0 Å². The highest BCUT2D eigenvalue weighted by Gasteiger charge is 2.13. The zero-order valence-corrected chi connectivity index (χ0v) is 12.5. The second-order valence-electron chi connectivity index (χ2n) is 4.91. The van der Waals surface area contributed by atoms with Crippen LogP contribution in [-0.2, 0) is 12.8 Å². The fourth-order valence-corrected chi connectivity index (χ4v) is 2.78. The molecular formula is C18H21Cl. The molecule has 2 aromatic rings. The SMILES string of the molecule is CCCc1ccc(C(Cl)c2ccccc2CC)cc1. The maximum atomic E-state index is 6.64. The maximum Gasteiger partial charge on any atom is 0.0838 e. The molecule has 0 N–H and O–H groups in total. The van der Waals surface area contributed by atoms with Crippen molar-refractivity contribution in [3.63, 3.8) is 0 Å². The van der Waals surface area contributed by atoms with Crippen LogP contribution in [0.4, 0.5) is 0 Å². The molecule has 0 nitrogen and oxygen atoms in total. The number of hydrogen-bond donors (Lipinski definition) is 0. The van der Waals surface area contributed by atoms with Crippen LogP contribution in [0.15, 0.2) is 48.5 Å². The fourth-order valence-electron chi connectivity index (χ4n) is 2.42. The first-order valence-corrected chi connectivity index (χ1v) is 7.50. The van der Waals surface area contributed by atoms with Crippen molar-refractivity contribution in [1.29, 1.82) is 0 Å². The van der Waals surface area contributed by atoms with E-state index < -0.39 is 0 Å².